The molecule has 0 saturated carbocycles. The molecule has 8 heavy (non-hydrogen) atoms. The van der Waals surface area contributed by atoms with Crippen molar-refractivity contribution in [2.24, 2.45) is 0 Å². The van der Waals surface area contributed by atoms with Crippen molar-refractivity contribution in [2.75, 3.05) is 0 Å². The molecule has 1 aliphatic rings. The van der Waals surface area contributed by atoms with E-state index in [1.807, 2.05) is 0 Å². The molecule has 0 heterocycles. The second-order valence-corrected chi connectivity index (χ2v) is 2.53. The Labute approximate surface area is 54.2 Å². The second-order valence-electron chi connectivity index (χ2n) is 2.53. The maximum Gasteiger partial charge on any atom is 0.0805 e. The van der Waals surface area contributed by atoms with E-state index >= 15 is 0 Å². The number of hydrogen-bond donors (Lipinski definition) is 1. The van der Waals surface area contributed by atoms with Crippen molar-refractivity contribution in [1.82, 2.24) is 0 Å². The highest BCUT2D eigenvalue weighted by atomic mass is 16.3. The normalized spacial score (nSPS) is 44.8. The van der Waals surface area contributed by atoms with Crippen LogP contribution in [-0.4, -0.2) is 10.7 Å². The average molecular weight is 115 g/mol. The predicted octanol–water partition coefficient (Wildman–Crippen LogP) is 1.48. The van der Waals surface area contributed by atoms with Gasteiger partial charge in [-0.05, 0) is 26.6 Å². The van der Waals surface area contributed by atoms with Gasteiger partial charge in [-0.25, -0.2) is 0 Å². The first-order valence-corrected chi connectivity index (χ1v) is 2.76. The van der Waals surface area contributed by atoms with Crippen LogP contribution in [0.3, 0.4) is 0 Å². The van der Waals surface area contributed by atoms with Crippen molar-refractivity contribution in [3.63, 3.8) is 0 Å². The summed E-state index contributed by atoms with van der Waals surface area (Å²) >= 11 is 0. The molecule has 1 atom stereocenters. The van der Waals surface area contributed by atoms with Gasteiger partial charge in [0.1, 0.15) is 0 Å². The SMILES string of the molecule is [2H]C([2H])([2H])C1=CC(C)(O)CC1. The Morgan fingerprint density at radius 3 is 3.00 bits per heavy atom. The van der Waals surface area contributed by atoms with E-state index in [2.05, 4.69) is 0 Å². The molecule has 1 N–H and O–H groups in total. The third-order valence-corrected chi connectivity index (χ3v) is 1.39. The summed E-state index contributed by atoms with van der Waals surface area (Å²) in [7, 11) is 0. The van der Waals surface area contributed by atoms with E-state index in [-0.39, 0.29) is 0 Å². The van der Waals surface area contributed by atoms with Crippen LogP contribution < -0.4 is 0 Å². The molecule has 0 bridgehead atoms. The summed E-state index contributed by atoms with van der Waals surface area (Å²) in [6, 6.07) is 0. The van der Waals surface area contributed by atoms with Gasteiger partial charge in [0, 0.05) is 4.11 Å². The molecule has 0 aromatic rings. The van der Waals surface area contributed by atoms with Crippen molar-refractivity contribution in [1.29, 1.82) is 0 Å². The first-order chi connectivity index (χ1) is 4.81. The molecule has 0 saturated heterocycles. The van der Waals surface area contributed by atoms with E-state index in [4.69, 9.17) is 4.11 Å². The van der Waals surface area contributed by atoms with Crippen molar-refractivity contribution in [2.45, 2.75) is 32.2 Å². The monoisotopic (exact) mass is 115 g/mol. The highest BCUT2D eigenvalue weighted by Gasteiger charge is 2.21. The summed E-state index contributed by atoms with van der Waals surface area (Å²) in [4.78, 5) is 0. The Bertz CT molecular complexity index is 190. The summed E-state index contributed by atoms with van der Waals surface area (Å²) < 4.78 is 21.2. The summed E-state index contributed by atoms with van der Waals surface area (Å²) in [5, 5.41) is 9.40. The van der Waals surface area contributed by atoms with Gasteiger partial charge in [0.25, 0.3) is 0 Å². The Balaban J connectivity index is 2.79. The summed E-state index contributed by atoms with van der Waals surface area (Å²) in [5.74, 6) is 0. The van der Waals surface area contributed by atoms with E-state index in [0.717, 1.165) is 0 Å². The Kier molecular flexibility index (Phi) is 0.600. The van der Waals surface area contributed by atoms with Gasteiger partial charge in [0.2, 0.25) is 0 Å². The molecule has 1 heteroatoms. The van der Waals surface area contributed by atoms with Gasteiger partial charge in [-0.2, -0.15) is 0 Å². The first kappa shape index (κ1) is 3.02. The van der Waals surface area contributed by atoms with Crippen molar-refractivity contribution >= 4 is 0 Å². The number of hydrogen-bond acceptors (Lipinski definition) is 1. The standard InChI is InChI=1S/C7H12O/c1-6-3-4-7(2,8)5-6/h5,8H,3-4H2,1-2H3/i1D3. The van der Waals surface area contributed by atoms with Crippen molar-refractivity contribution in [3.8, 4) is 0 Å². The van der Waals surface area contributed by atoms with Crippen molar-refractivity contribution in [3.05, 3.63) is 11.6 Å². The summed E-state index contributed by atoms with van der Waals surface area (Å²) in [6.07, 6.45) is 2.48. The fourth-order valence-corrected chi connectivity index (χ4v) is 0.907. The van der Waals surface area contributed by atoms with Crippen LogP contribution in [0.15, 0.2) is 11.6 Å². The van der Waals surface area contributed by atoms with Gasteiger partial charge in [-0.3, -0.25) is 0 Å². The smallest absolute Gasteiger partial charge is 0.0805 e. The maximum atomic E-state index is 9.40. The average Bonchev–Trinajstić information content (AvgIpc) is 2.07. The second kappa shape index (κ2) is 1.59. The fourth-order valence-electron chi connectivity index (χ4n) is 0.907. The Morgan fingerprint density at radius 2 is 2.75 bits per heavy atom. The molecule has 0 amide bonds. The van der Waals surface area contributed by atoms with Crippen LogP contribution in [0.2, 0.25) is 0 Å². The van der Waals surface area contributed by atoms with Crippen LogP contribution in [-0.2, 0) is 0 Å². The molecule has 1 nitrogen and oxygen atoms in total. The van der Waals surface area contributed by atoms with Gasteiger partial charge >= 0.3 is 0 Å². The minimum atomic E-state index is -2.01. The van der Waals surface area contributed by atoms with E-state index in [1.165, 1.54) is 6.08 Å². The minimum absolute atomic E-state index is 0.391. The van der Waals surface area contributed by atoms with Gasteiger partial charge in [0.15, 0.2) is 0 Å². The molecule has 1 aliphatic carbocycles. The lowest BCUT2D eigenvalue weighted by Gasteiger charge is -2.10. The molecule has 1 rings (SSSR count). The van der Waals surface area contributed by atoms with Crippen LogP contribution in [0, 0.1) is 0 Å². The number of rotatable bonds is 0. The maximum absolute atomic E-state index is 9.40. The zero-order chi connectivity index (χ0) is 8.70. The molecule has 0 aromatic heterocycles. The molecule has 0 spiro atoms. The summed E-state index contributed by atoms with van der Waals surface area (Å²) in [6.45, 7) is -0.383. The lowest BCUT2D eigenvalue weighted by Crippen LogP contribution is -2.15. The van der Waals surface area contributed by atoms with Crippen LogP contribution in [0.5, 0.6) is 0 Å². The van der Waals surface area contributed by atoms with Crippen LogP contribution in [0.4, 0.5) is 0 Å². The van der Waals surface area contributed by atoms with E-state index in [0.29, 0.717) is 18.4 Å². The van der Waals surface area contributed by atoms with Crippen molar-refractivity contribution < 1.29 is 9.22 Å². The number of allylic oxidation sites excluding steroid dienone is 1. The largest absolute Gasteiger partial charge is 0.386 e. The van der Waals surface area contributed by atoms with Gasteiger partial charge < -0.3 is 5.11 Å². The zero-order valence-corrected chi connectivity index (χ0v) is 4.94. The van der Waals surface area contributed by atoms with Gasteiger partial charge in [-0.15, -0.1) is 0 Å². The molecule has 46 valence electrons. The lowest BCUT2D eigenvalue weighted by atomic mass is 10.1. The Morgan fingerprint density at radius 1 is 2.00 bits per heavy atom. The molecule has 0 aliphatic heterocycles. The van der Waals surface area contributed by atoms with E-state index < -0.39 is 12.5 Å². The molecular weight excluding hydrogens is 100 g/mol. The van der Waals surface area contributed by atoms with E-state index in [1.54, 1.807) is 6.92 Å². The van der Waals surface area contributed by atoms with Crippen LogP contribution in [0.1, 0.15) is 30.7 Å². The molecule has 0 fully saturated rings. The highest BCUT2D eigenvalue weighted by molar-refractivity contribution is 5.14. The first-order valence-electron chi connectivity index (χ1n) is 4.26. The molecular formula is C7H12O. The molecule has 0 radical (unpaired) electrons. The topological polar surface area (TPSA) is 20.2 Å². The van der Waals surface area contributed by atoms with Gasteiger partial charge in [-0.1, -0.05) is 11.6 Å². The van der Waals surface area contributed by atoms with E-state index in [9.17, 15) is 5.11 Å². The zero-order valence-electron chi connectivity index (χ0n) is 7.94. The fraction of sp³-hybridized carbons (Fsp3) is 0.714. The minimum Gasteiger partial charge on any atom is -0.386 e. The van der Waals surface area contributed by atoms with Crippen LogP contribution >= 0.6 is 0 Å². The number of aliphatic hydroxyl groups is 1. The third kappa shape index (κ3) is 1.10. The van der Waals surface area contributed by atoms with Gasteiger partial charge in [0.05, 0.1) is 5.60 Å². The third-order valence-electron chi connectivity index (χ3n) is 1.39. The Hall–Kier alpha value is -0.300. The predicted molar refractivity (Wildman–Crippen MR) is 33.6 cm³/mol. The summed E-state index contributed by atoms with van der Waals surface area (Å²) in [5.41, 5.74) is -0.508. The molecule has 1 unspecified atom stereocenters. The highest BCUT2D eigenvalue weighted by Crippen LogP contribution is 2.26. The lowest BCUT2D eigenvalue weighted by molar-refractivity contribution is 0.112. The molecule has 0 aromatic carbocycles. The van der Waals surface area contributed by atoms with Crippen LogP contribution in [0.25, 0.3) is 0 Å². The quantitative estimate of drug-likeness (QED) is 0.474.